The van der Waals surface area contributed by atoms with Crippen LogP contribution < -0.4 is 5.32 Å². The second-order valence-electron chi connectivity index (χ2n) is 4.08. The van der Waals surface area contributed by atoms with Crippen molar-refractivity contribution in [2.75, 3.05) is 0 Å². The molecule has 6 heteroatoms. The first-order valence-corrected chi connectivity index (χ1v) is 7.36. The van der Waals surface area contributed by atoms with Crippen LogP contribution in [0.2, 0.25) is 0 Å². The lowest BCUT2D eigenvalue weighted by Gasteiger charge is -2.11. The average molecular weight is 342 g/mol. The zero-order valence-corrected chi connectivity index (χ0v) is 12.6. The number of hydrogen-bond acceptors (Lipinski definition) is 4. The minimum absolute atomic E-state index is 0.0309. The SMILES string of the molecule is CC(CC(=O)c1cccs1)NC(=O)c1ccc(Br)o1. The molecule has 0 radical (unpaired) electrons. The maximum absolute atomic E-state index is 11.9. The molecule has 0 fully saturated rings. The Kier molecular flexibility index (Phi) is 4.55. The summed E-state index contributed by atoms with van der Waals surface area (Å²) in [7, 11) is 0. The third kappa shape index (κ3) is 3.78. The molecule has 1 atom stereocenters. The van der Waals surface area contributed by atoms with Crippen molar-refractivity contribution in [3.8, 4) is 0 Å². The van der Waals surface area contributed by atoms with E-state index in [1.54, 1.807) is 25.1 Å². The van der Waals surface area contributed by atoms with Crippen LogP contribution in [0.1, 0.15) is 33.6 Å². The molecule has 1 amide bonds. The fraction of sp³-hybridized carbons (Fsp3) is 0.231. The standard InChI is InChI=1S/C13H12BrNO3S/c1-8(7-9(16)11-3-2-6-19-11)15-13(17)10-4-5-12(14)18-10/h2-6,8H,7H2,1H3,(H,15,17). The van der Waals surface area contributed by atoms with Gasteiger partial charge in [-0.15, -0.1) is 11.3 Å². The Balaban J connectivity index is 1.89. The number of Topliss-reactive ketones (excluding diaryl/α,β-unsaturated/α-hetero) is 1. The van der Waals surface area contributed by atoms with Gasteiger partial charge < -0.3 is 9.73 Å². The third-order valence-electron chi connectivity index (χ3n) is 2.46. The van der Waals surface area contributed by atoms with Gasteiger partial charge in [0.2, 0.25) is 0 Å². The summed E-state index contributed by atoms with van der Waals surface area (Å²) in [5, 5.41) is 4.59. The Morgan fingerprint density at radius 2 is 2.21 bits per heavy atom. The molecular formula is C13H12BrNO3S. The van der Waals surface area contributed by atoms with E-state index in [0.717, 1.165) is 0 Å². The van der Waals surface area contributed by atoms with E-state index in [1.807, 2.05) is 11.4 Å². The van der Waals surface area contributed by atoms with E-state index >= 15 is 0 Å². The number of ketones is 1. The molecule has 1 N–H and O–H groups in total. The summed E-state index contributed by atoms with van der Waals surface area (Å²) >= 11 is 4.54. The normalized spacial score (nSPS) is 12.1. The van der Waals surface area contributed by atoms with Crippen LogP contribution in [0, 0.1) is 0 Å². The van der Waals surface area contributed by atoms with E-state index in [9.17, 15) is 9.59 Å². The Morgan fingerprint density at radius 1 is 1.42 bits per heavy atom. The fourth-order valence-electron chi connectivity index (χ4n) is 1.60. The highest BCUT2D eigenvalue weighted by molar-refractivity contribution is 9.10. The molecule has 0 saturated carbocycles. The van der Waals surface area contributed by atoms with Gasteiger partial charge >= 0.3 is 0 Å². The molecule has 4 nitrogen and oxygen atoms in total. The van der Waals surface area contributed by atoms with Gasteiger partial charge in [-0.2, -0.15) is 0 Å². The van der Waals surface area contributed by atoms with Crippen molar-refractivity contribution in [3.63, 3.8) is 0 Å². The van der Waals surface area contributed by atoms with E-state index in [1.165, 1.54) is 11.3 Å². The first-order valence-electron chi connectivity index (χ1n) is 5.69. The summed E-state index contributed by atoms with van der Waals surface area (Å²) in [4.78, 5) is 24.4. The van der Waals surface area contributed by atoms with Crippen molar-refractivity contribution in [1.82, 2.24) is 5.32 Å². The number of amides is 1. The number of hydrogen-bond donors (Lipinski definition) is 1. The summed E-state index contributed by atoms with van der Waals surface area (Å²) in [6.07, 6.45) is 0.272. The van der Waals surface area contributed by atoms with Crippen LogP contribution in [0.25, 0.3) is 0 Å². The molecule has 100 valence electrons. The molecule has 0 aliphatic rings. The zero-order chi connectivity index (χ0) is 13.8. The van der Waals surface area contributed by atoms with Gasteiger partial charge in [-0.1, -0.05) is 6.07 Å². The summed E-state index contributed by atoms with van der Waals surface area (Å²) in [5.74, 6) is -0.0668. The maximum Gasteiger partial charge on any atom is 0.287 e. The molecule has 0 aliphatic heterocycles. The van der Waals surface area contributed by atoms with Crippen LogP contribution in [-0.4, -0.2) is 17.7 Å². The number of furan rings is 1. The van der Waals surface area contributed by atoms with Crippen molar-refractivity contribution < 1.29 is 14.0 Å². The summed E-state index contributed by atoms with van der Waals surface area (Å²) in [5.41, 5.74) is 0. The van der Waals surface area contributed by atoms with Gasteiger partial charge in [-0.25, -0.2) is 0 Å². The van der Waals surface area contributed by atoms with Crippen molar-refractivity contribution in [1.29, 1.82) is 0 Å². The topological polar surface area (TPSA) is 59.3 Å². The predicted molar refractivity (Wildman–Crippen MR) is 76.6 cm³/mol. The summed E-state index contributed by atoms with van der Waals surface area (Å²) < 4.78 is 5.65. The Bertz CT molecular complexity index is 576. The lowest BCUT2D eigenvalue weighted by Crippen LogP contribution is -2.33. The number of rotatable bonds is 5. The van der Waals surface area contributed by atoms with Crippen LogP contribution in [0.3, 0.4) is 0 Å². The molecule has 0 spiro atoms. The van der Waals surface area contributed by atoms with Gasteiger partial charge in [0.1, 0.15) is 0 Å². The highest BCUT2D eigenvalue weighted by atomic mass is 79.9. The average Bonchev–Trinajstić information content (AvgIpc) is 2.98. The van der Waals surface area contributed by atoms with Crippen LogP contribution in [0.5, 0.6) is 0 Å². The minimum Gasteiger partial charge on any atom is -0.444 e. The largest absolute Gasteiger partial charge is 0.444 e. The quantitative estimate of drug-likeness (QED) is 0.846. The van der Waals surface area contributed by atoms with E-state index in [-0.39, 0.29) is 29.9 Å². The number of nitrogens with one attached hydrogen (secondary N) is 1. The molecule has 0 aliphatic carbocycles. The molecule has 19 heavy (non-hydrogen) atoms. The molecule has 2 heterocycles. The number of halogens is 1. The van der Waals surface area contributed by atoms with Gasteiger partial charge in [-0.3, -0.25) is 9.59 Å². The predicted octanol–water partition coefficient (Wildman–Crippen LogP) is 3.49. The van der Waals surface area contributed by atoms with Crippen molar-refractivity contribution >= 4 is 39.0 Å². The van der Waals surface area contributed by atoms with E-state index < -0.39 is 0 Å². The van der Waals surface area contributed by atoms with E-state index in [2.05, 4.69) is 21.2 Å². The first kappa shape index (κ1) is 14.0. The maximum atomic E-state index is 11.9. The minimum atomic E-state index is -0.322. The summed E-state index contributed by atoms with van der Waals surface area (Å²) in [6, 6.07) is 6.60. The van der Waals surface area contributed by atoms with Gasteiger partial charge in [-0.05, 0) is 46.4 Å². The van der Waals surface area contributed by atoms with Crippen molar-refractivity contribution in [2.45, 2.75) is 19.4 Å². The van der Waals surface area contributed by atoms with Gasteiger partial charge in [0.25, 0.3) is 5.91 Å². The second kappa shape index (κ2) is 6.16. The molecule has 2 aromatic heterocycles. The number of carbonyl (C=O) groups excluding carboxylic acids is 2. The van der Waals surface area contributed by atoms with Crippen LogP contribution in [0.15, 0.2) is 38.7 Å². The second-order valence-corrected chi connectivity index (χ2v) is 5.81. The van der Waals surface area contributed by atoms with Gasteiger partial charge in [0, 0.05) is 12.5 Å². The van der Waals surface area contributed by atoms with Crippen LogP contribution in [-0.2, 0) is 0 Å². The Morgan fingerprint density at radius 3 is 2.79 bits per heavy atom. The molecule has 2 aromatic rings. The lowest BCUT2D eigenvalue weighted by molar-refractivity contribution is 0.0895. The van der Waals surface area contributed by atoms with Crippen molar-refractivity contribution in [3.05, 3.63) is 45.0 Å². The van der Waals surface area contributed by atoms with Crippen LogP contribution >= 0.6 is 27.3 Å². The van der Waals surface area contributed by atoms with E-state index in [4.69, 9.17) is 4.42 Å². The molecule has 2 rings (SSSR count). The van der Waals surface area contributed by atoms with Crippen molar-refractivity contribution in [2.24, 2.45) is 0 Å². The first-order chi connectivity index (χ1) is 9.06. The third-order valence-corrected chi connectivity index (χ3v) is 3.80. The Labute approximate surface area is 122 Å². The van der Waals surface area contributed by atoms with Gasteiger partial charge in [0.05, 0.1) is 4.88 Å². The lowest BCUT2D eigenvalue weighted by atomic mass is 10.1. The number of carbonyl (C=O) groups is 2. The molecule has 0 bridgehead atoms. The monoisotopic (exact) mass is 341 g/mol. The highest BCUT2D eigenvalue weighted by Gasteiger charge is 2.17. The smallest absolute Gasteiger partial charge is 0.287 e. The molecule has 1 unspecified atom stereocenters. The van der Waals surface area contributed by atoms with Crippen LogP contribution in [0.4, 0.5) is 0 Å². The molecular weight excluding hydrogens is 330 g/mol. The molecule has 0 saturated heterocycles. The fourth-order valence-corrected chi connectivity index (χ4v) is 2.58. The zero-order valence-electron chi connectivity index (χ0n) is 10.2. The van der Waals surface area contributed by atoms with E-state index in [0.29, 0.717) is 9.55 Å². The summed E-state index contributed by atoms with van der Waals surface area (Å²) in [6.45, 7) is 1.79. The number of thiophene rings is 1. The Hall–Kier alpha value is -1.40. The van der Waals surface area contributed by atoms with Gasteiger partial charge in [0.15, 0.2) is 16.2 Å². The molecule has 0 aromatic carbocycles. The highest BCUT2D eigenvalue weighted by Crippen LogP contribution is 2.15.